The summed E-state index contributed by atoms with van der Waals surface area (Å²) in [6.45, 7) is 5.70. The topological polar surface area (TPSA) is 35.5 Å². The van der Waals surface area contributed by atoms with Gasteiger partial charge in [0.2, 0.25) is 0 Å². The molecule has 0 radical (unpaired) electrons. The summed E-state index contributed by atoms with van der Waals surface area (Å²) < 4.78 is 11.1. The molecule has 0 saturated carbocycles. The van der Waals surface area contributed by atoms with Crippen LogP contribution in [0.3, 0.4) is 0 Å². The van der Waals surface area contributed by atoms with Gasteiger partial charge in [-0.25, -0.2) is 0 Å². The van der Waals surface area contributed by atoms with Crippen molar-refractivity contribution in [1.29, 1.82) is 0 Å². The molecule has 0 aromatic rings. The molecule has 0 amide bonds. The standard InChI is InChI=1S/C10H14O3/c1-4-6-5-7(11)9-8(6)12-10(2,3)13-9/h5,8-9H,4H2,1-3H3. The van der Waals surface area contributed by atoms with Gasteiger partial charge in [0.15, 0.2) is 17.7 Å². The van der Waals surface area contributed by atoms with E-state index in [0.717, 1.165) is 12.0 Å². The van der Waals surface area contributed by atoms with Gasteiger partial charge >= 0.3 is 0 Å². The molecule has 0 aromatic heterocycles. The SMILES string of the molecule is CCC1=CC(=O)C2OC(C)(C)OC12. The largest absolute Gasteiger partial charge is 0.340 e. The highest BCUT2D eigenvalue weighted by Gasteiger charge is 2.48. The van der Waals surface area contributed by atoms with Gasteiger partial charge in [-0.2, -0.15) is 0 Å². The molecule has 0 spiro atoms. The van der Waals surface area contributed by atoms with Crippen LogP contribution in [0.15, 0.2) is 11.6 Å². The molecule has 1 heterocycles. The van der Waals surface area contributed by atoms with Crippen molar-refractivity contribution >= 4 is 5.78 Å². The van der Waals surface area contributed by atoms with Crippen LogP contribution >= 0.6 is 0 Å². The molecule has 1 aliphatic heterocycles. The number of rotatable bonds is 1. The first-order valence-corrected chi connectivity index (χ1v) is 4.63. The lowest BCUT2D eigenvalue weighted by Crippen LogP contribution is -2.25. The van der Waals surface area contributed by atoms with E-state index in [9.17, 15) is 4.79 Å². The van der Waals surface area contributed by atoms with Crippen LogP contribution in [0.2, 0.25) is 0 Å². The second-order valence-electron chi connectivity index (χ2n) is 3.95. The Hall–Kier alpha value is -0.670. The molecule has 2 rings (SSSR count). The molecule has 1 fully saturated rings. The van der Waals surface area contributed by atoms with E-state index in [-0.39, 0.29) is 18.0 Å². The third kappa shape index (κ3) is 1.32. The number of ether oxygens (including phenoxy) is 2. The lowest BCUT2D eigenvalue weighted by atomic mass is 10.1. The Bertz CT molecular complexity index is 278. The summed E-state index contributed by atoms with van der Waals surface area (Å²) in [6.07, 6.45) is 1.99. The van der Waals surface area contributed by atoms with Crippen molar-refractivity contribution in [2.45, 2.75) is 45.2 Å². The Balaban J connectivity index is 2.24. The van der Waals surface area contributed by atoms with Gasteiger partial charge in [-0.3, -0.25) is 4.79 Å². The molecule has 72 valence electrons. The van der Waals surface area contributed by atoms with Crippen LogP contribution in [0.25, 0.3) is 0 Å². The second-order valence-corrected chi connectivity index (χ2v) is 3.95. The zero-order chi connectivity index (χ0) is 9.64. The third-order valence-corrected chi connectivity index (χ3v) is 2.48. The van der Waals surface area contributed by atoms with Crippen LogP contribution in [-0.2, 0) is 14.3 Å². The number of carbonyl (C=O) groups excluding carboxylic acids is 1. The van der Waals surface area contributed by atoms with E-state index in [1.54, 1.807) is 6.08 Å². The lowest BCUT2D eigenvalue weighted by molar-refractivity contribution is -0.153. The van der Waals surface area contributed by atoms with Gasteiger partial charge in [-0.15, -0.1) is 0 Å². The minimum absolute atomic E-state index is 0.0485. The lowest BCUT2D eigenvalue weighted by Gasteiger charge is -2.17. The molecule has 1 aliphatic carbocycles. The van der Waals surface area contributed by atoms with E-state index in [1.807, 2.05) is 20.8 Å². The highest BCUT2D eigenvalue weighted by molar-refractivity contribution is 5.98. The Morgan fingerprint density at radius 3 is 2.62 bits per heavy atom. The third-order valence-electron chi connectivity index (χ3n) is 2.48. The quantitative estimate of drug-likeness (QED) is 0.615. The minimum atomic E-state index is -0.611. The number of hydrogen-bond acceptors (Lipinski definition) is 3. The molecule has 1 saturated heterocycles. The van der Waals surface area contributed by atoms with Crippen molar-refractivity contribution in [2.24, 2.45) is 0 Å². The first-order valence-electron chi connectivity index (χ1n) is 4.63. The summed E-state index contributed by atoms with van der Waals surface area (Å²) in [6, 6.07) is 0. The average Bonchev–Trinajstić information content (AvgIpc) is 2.47. The van der Waals surface area contributed by atoms with Crippen LogP contribution in [-0.4, -0.2) is 23.8 Å². The van der Waals surface area contributed by atoms with Gasteiger partial charge in [0, 0.05) is 0 Å². The van der Waals surface area contributed by atoms with Crippen molar-refractivity contribution in [3.05, 3.63) is 11.6 Å². The second kappa shape index (κ2) is 2.66. The van der Waals surface area contributed by atoms with Crippen LogP contribution < -0.4 is 0 Å². The molecule has 13 heavy (non-hydrogen) atoms. The molecule has 0 N–H and O–H groups in total. The van der Waals surface area contributed by atoms with Crippen molar-refractivity contribution in [1.82, 2.24) is 0 Å². The normalized spacial score (nSPS) is 36.2. The fraction of sp³-hybridized carbons (Fsp3) is 0.700. The predicted molar refractivity (Wildman–Crippen MR) is 47.2 cm³/mol. The summed E-state index contributed by atoms with van der Waals surface area (Å²) in [7, 11) is 0. The summed E-state index contributed by atoms with van der Waals surface area (Å²) >= 11 is 0. The van der Waals surface area contributed by atoms with E-state index in [0.29, 0.717) is 0 Å². The molecular weight excluding hydrogens is 168 g/mol. The van der Waals surface area contributed by atoms with E-state index in [4.69, 9.17) is 9.47 Å². The van der Waals surface area contributed by atoms with Crippen LogP contribution in [0, 0.1) is 0 Å². The first kappa shape index (κ1) is 8.91. The molecular formula is C10H14O3. The van der Waals surface area contributed by atoms with Crippen molar-refractivity contribution < 1.29 is 14.3 Å². The van der Waals surface area contributed by atoms with Gasteiger partial charge in [-0.1, -0.05) is 6.92 Å². The molecule has 0 aromatic carbocycles. The molecule has 2 aliphatic rings. The maximum Gasteiger partial charge on any atom is 0.187 e. The fourth-order valence-corrected chi connectivity index (χ4v) is 1.89. The molecule has 2 unspecified atom stereocenters. The molecule has 3 nitrogen and oxygen atoms in total. The summed E-state index contributed by atoms with van der Waals surface area (Å²) in [5.74, 6) is -0.563. The van der Waals surface area contributed by atoms with Gasteiger partial charge in [-0.05, 0) is 31.9 Å². The van der Waals surface area contributed by atoms with Crippen LogP contribution in [0.5, 0.6) is 0 Å². The van der Waals surface area contributed by atoms with Gasteiger partial charge in [0.1, 0.15) is 6.10 Å². The summed E-state index contributed by atoms with van der Waals surface area (Å²) in [4.78, 5) is 11.4. The molecule has 2 atom stereocenters. The monoisotopic (exact) mass is 182 g/mol. The zero-order valence-electron chi connectivity index (χ0n) is 8.16. The van der Waals surface area contributed by atoms with Crippen molar-refractivity contribution in [3.8, 4) is 0 Å². The summed E-state index contributed by atoms with van der Waals surface area (Å²) in [5.41, 5.74) is 1.06. The molecule has 0 bridgehead atoms. The Labute approximate surface area is 77.7 Å². The van der Waals surface area contributed by atoms with Crippen LogP contribution in [0.4, 0.5) is 0 Å². The fourth-order valence-electron chi connectivity index (χ4n) is 1.89. The van der Waals surface area contributed by atoms with E-state index >= 15 is 0 Å². The smallest absolute Gasteiger partial charge is 0.187 e. The minimum Gasteiger partial charge on any atom is -0.340 e. The number of carbonyl (C=O) groups is 1. The molecule has 3 heteroatoms. The maximum atomic E-state index is 11.4. The van der Waals surface area contributed by atoms with Gasteiger partial charge in [0.05, 0.1) is 0 Å². The zero-order valence-corrected chi connectivity index (χ0v) is 8.16. The summed E-state index contributed by atoms with van der Waals surface area (Å²) in [5, 5.41) is 0. The number of hydrogen-bond donors (Lipinski definition) is 0. The average molecular weight is 182 g/mol. The Morgan fingerprint density at radius 2 is 2.00 bits per heavy atom. The Morgan fingerprint density at radius 1 is 1.38 bits per heavy atom. The highest BCUT2D eigenvalue weighted by Crippen LogP contribution is 2.37. The van der Waals surface area contributed by atoms with E-state index in [1.165, 1.54) is 0 Å². The number of ketones is 1. The predicted octanol–water partition coefficient (Wildman–Crippen LogP) is 1.43. The first-order chi connectivity index (χ1) is 6.03. The van der Waals surface area contributed by atoms with Crippen molar-refractivity contribution in [2.75, 3.05) is 0 Å². The highest BCUT2D eigenvalue weighted by atomic mass is 16.8. The van der Waals surface area contributed by atoms with E-state index in [2.05, 4.69) is 0 Å². The van der Waals surface area contributed by atoms with Gasteiger partial charge in [0.25, 0.3) is 0 Å². The Kier molecular flexibility index (Phi) is 1.82. The van der Waals surface area contributed by atoms with Crippen LogP contribution in [0.1, 0.15) is 27.2 Å². The van der Waals surface area contributed by atoms with Gasteiger partial charge < -0.3 is 9.47 Å². The van der Waals surface area contributed by atoms with E-state index < -0.39 is 5.79 Å². The number of fused-ring (bicyclic) bond motifs is 1. The maximum absolute atomic E-state index is 11.4. The van der Waals surface area contributed by atoms with Crippen molar-refractivity contribution in [3.63, 3.8) is 0 Å².